The van der Waals surface area contributed by atoms with E-state index >= 15 is 0 Å². The minimum absolute atomic E-state index is 0.224. The number of ether oxygens (including phenoxy) is 1. The monoisotopic (exact) mass is 339 g/mol. The zero-order valence-electron chi connectivity index (χ0n) is 12.0. The standard InChI is InChI=1S/C14H14ClN3O3S/c1-3-21-14(20)17-13-18(10-7-5-4-6-9(10)15)11(8-22-13)12(19)16-2/h4-8H,3H2,1-2H3,(H,16,19)/b17-13-. The number of nitrogens with one attached hydrogen (secondary N) is 1. The van der Waals surface area contributed by atoms with Crippen LogP contribution in [0.1, 0.15) is 17.4 Å². The van der Waals surface area contributed by atoms with Crippen LogP contribution in [0.4, 0.5) is 4.79 Å². The van der Waals surface area contributed by atoms with Gasteiger partial charge in [0.15, 0.2) is 0 Å². The van der Waals surface area contributed by atoms with Crippen molar-refractivity contribution in [1.29, 1.82) is 0 Å². The number of hydrogen-bond acceptors (Lipinski definition) is 4. The molecule has 0 atom stereocenters. The van der Waals surface area contributed by atoms with Crippen LogP contribution >= 0.6 is 22.9 Å². The van der Waals surface area contributed by atoms with E-state index in [4.69, 9.17) is 16.3 Å². The Hall–Kier alpha value is -2.12. The summed E-state index contributed by atoms with van der Waals surface area (Å²) in [7, 11) is 1.53. The van der Waals surface area contributed by atoms with Crippen LogP contribution in [0.2, 0.25) is 5.02 Å². The van der Waals surface area contributed by atoms with Gasteiger partial charge >= 0.3 is 6.09 Å². The van der Waals surface area contributed by atoms with Gasteiger partial charge in [-0.15, -0.1) is 16.3 Å². The second kappa shape index (κ2) is 7.24. The summed E-state index contributed by atoms with van der Waals surface area (Å²) in [6, 6.07) is 7.00. The number of carbonyl (C=O) groups is 2. The van der Waals surface area contributed by atoms with Gasteiger partial charge in [-0.2, -0.15) is 0 Å². The van der Waals surface area contributed by atoms with Crippen molar-refractivity contribution in [3.05, 3.63) is 45.2 Å². The van der Waals surface area contributed by atoms with Crippen molar-refractivity contribution in [1.82, 2.24) is 9.88 Å². The van der Waals surface area contributed by atoms with Crippen LogP contribution in [0.3, 0.4) is 0 Å². The average molecular weight is 340 g/mol. The van der Waals surface area contributed by atoms with Crippen LogP contribution in [0, 0.1) is 0 Å². The van der Waals surface area contributed by atoms with E-state index in [2.05, 4.69) is 10.3 Å². The highest BCUT2D eigenvalue weighted by molar-refractivity contribution is 7.07. The van der Waals surface area contributed by atoms with Gasteiger partial charge in [0.1, 0.15) is 5.69 Å². The summed E-state index contributed by atoms with van der Waals surface area (Å²) in [6.45, 7) is 1.92. The molecule has 0 unspecified atom stereocenters. The Balaban J connectivity index is 2.67. The number of rotatable bonds is 3. The zero-order valence-corrected chi connectivity index (χ0v) is 13.6. The first-order valence-electron chi connectivity index (χ1n) is 6.47. The molecule has 0 aliphatic heterocycles. The molecule has 2 rings (SSSR count). The number of benzene rings is 1. The molecule has 116 valence electrons. The Kier molecular flexibility index (Phi) is 5.35. The molecule has 0 bridgehead atoms. The van der Waals surface area contributed by atoms with E-state index in [0.29, 0.717) is 21.2 Å². The normalized spacial score (nSPS) is 11.3. The Morgan fingerprint density at radius 3 is 2.77 bits per heavy atom. The van der Waals surface area contributed by atoms with Gasteiger partial charge in [0.05, 0.1) is 17.3 Å². The number of carbonyl (C=O) groups excluding carboxylic acids is 2. The van der Waals surface area contributed by atoms with Crippen molar-refractivity contribution in [2.45, 2.75) is 6.92 Å². The van der Waals surface area contributed by atoms with Crippen molar-refractivity contribution >= 4 is 34.9 Å². The first kappa shape index (κ1) is 16.3. The van der Waals surface area contributed by atoms with Crippen LogP contribution in [0.25, 0.3) is 5.69 Å². The van der Waals surface area contributed by atoms with Crippen molar-refractivity contribution in [3.63, 3.8) is 0 Å². The van der Waals surface area contributed by atoms with Gasteiger partial charge in [-0.3, -0.25) is 9.36 Å². The van der Waals surface area contributed by atoms with Crippen LogP contribution in [0.5, 0.6) is 0 Å². The molecule has 0 aliphatic carbocycles. The molecule has 1 heterocycles. The van der Waals surface area contributed by atoms with E-state index in [1.54, 1.807) is 36.6 Å². The Labute approximate surface area is 136 Å². The molecule has 0 saturated heterocycles. The van der Waals surface area contributed by atoms with E-state index < -0.39 is 6.09 Å². The van der Waals surface area contributed by atoms with Gasteiger partial charge in [-0.25, -0.2) is 4.79 Å². The summed E-state index contributed by atoms with van der Waals surface area (Å²) in [5, 5.41) is 4.60. The van der Waals surface area contributed by atoms with Gasteiger partial charge in [0.2, 0.25) is 4.80 Å². The highest BCUT2D eigenvalue weighted by atomic mass is 35.5. The number of halogens is 1. The number of aromatic nitrogens is 1. The smallest absolute Gasteiger partial charge is 0.436 e. The molecule has 1 aromatic heterocycles. The van der Waals surface area contributed by atoms with Crippen molar-refractivity contribution in [3.8, 4) is 5.69 Å². The van der Waals surface area contributed by atoms with E-state index in [1.165, 1.54) is 11.6 Å². The number of para-hydroxylation sites is 1. The largest absolute Gasteiger partial charge is 0.448 e. The molecule has 0 radical (unpaired) electrons. The maximum absolute atomic E-state index is 12.0. The molecular weight excluding hydrogens is 326 g/mol. The summed E-state index contributed by atoms with van der Waals surface area (Å²) in [6.07, 6.45) is -0.714. The number of amides is 2. The molecule has 0 fully saturated rings. The molecule has 0 saturated carbocycles. The Morgan fingerprint density at radius 1 is 1.41 bits per heavy atom. The van der Waals surface area contributed by atoms with Crippen molar-refractivity contribution in [2.75, 3.05) is 13.7 Å². The molecule has 1 aromatic carbocycles. The summed E-state index contributed by atoms with van der Waals surface area (Å²) < 4.78 is 6.35. The minimum atomic E-state index is -0.714. The molecule has 2 amide bonds. The third-order valence-corrected chi connectivity index (χ3v) is 3.86. The fourth-order valence-electron chi connectivity index (χ4n) is 1.78. The first-order chi connectivity index (χ1) is 10.6. The minimum Gasteiger partial charge on any atom is -0.448 e. The lowest BCUT2D eigenvalue weighted by molar-refractivity contribution is 0.0956. The van der Waals surface area contributed by atoms with E-state index in [-0.39, 0.29) is 12.5 Å². The summed E-state index contributed by atoms with van der Waals surface area (Å²) in [4.78, 5) is 27.8. The topological polar surface area (TPSA) is 72.7 Å². The van der Waals surface area contributed by atoms with Gasteiger partial charge in [-0.05, 0) is 19.1 Å². The molecule has 0 spiro atoms. The highest BCUT2D eigenvalue weighted by Gasteiger charge is 2.16. The van der Waals surface area contributed by atoms with Crippen molar-refractivity contribution in [2.24, 2.45) is 4.99 Å². The van der Waals surface area contributed by atoms with Crippen LogP contribution in [-0.4, -0.2) is 30.2 Å². The molecule has 6 nitrogen and oxygen atoms in total. The molecule has 8 heteroatoms. The van der Waals surface area contributed by atoms with E-state index in [1.807, 2.05) is 0 Å². The first-order valence-corrected chi connectivity index (χ1v) is 7.73. The summed E-state index contributed by atoms with van der Waals surface area (Å²) in [5.74, 6) is -0.304. The lowest BCUT2D eigenvalue weighted by atomic mass is 10.3. The number of thiazole rings is 1. The van der Waals surface area contributed by atoms with Gasteiger partial charge < -0.3 is 10.1 Å². The predicted molar refractivity (Wildman–Crippen MR) is 84.6 cm³/mol. The molecule has 1 N–H and O–H groups in total. The molecular formula is C14H14ClN3O3S. The lowest BCUT2D eigenvalue weighted by Gasteiger charge is -2.09. The quantitative estimate of drug-likeness (QED) is 0.934. The third kappa shape index (κ3) is 3.37. The fraction of sp³-hybridized carbons (Fsp3) is 0.214. The maximum Gasteiger partial charge on any atom is 0.436 e. The molecule has 22 heavy (non-hydrogen) atoms. The van der Waals surface area contributed by atoms with E-state index in [0.717, 1.165) is 11.3 Å². The van der Waals surface area contributed by atoms with Crippen molar-refractivity contribution < 1.29 is 14.3 Å². The number of nitrogens with zero attached hydrogens (tertiary/aromatic N) is 2. The van der Waals surface area contributed by atoms with Gasteiger partial charge in [0.25, 0.3) is 5.91 Å². The Morgan fingerprint density at radius 2 is 2.14 bits per heavy atom. The summed E-state index contributed by atoms with van der Waals surface area (Å²) >= 11 is 7.35. The second-order valence-electron chi connectivity index (χ2n) is 4.08. The number of hydrogen-bond donors (Lipinski definition) is 1. The second-order valence-corrected chi connectivity index (χ2v) is 5.32. The SMILES string of the molecule is CCOC(=O)/N=c1\scc(C(=O)NC)n1-c1ccccc1Cl. The Bertz CT molecular complexity index is 767. The van der Waals surface area contributed by atoms with Gasteiger partial charge in [0, 0.05) is 12.4 Å². The zero-order chi connectivity index (χ0) is 16.1. The molecule has 0 aliphatic rings. The van der Waals surface area contributed by atoms with Crippen LogP contribution < -0.4 is 10.1 Å². The third-order valence-electron chi connectivity index (χ3n) is 2.72. The average Bonchev–Trinajstić information content (AvgIpc) is 2.90. The highest BCUT2D eigenvalue weighted by Crippen LogP contribution is 2.21. The van der Waals surface area contributed by atoms with Crippen LogP contribution in [0.15, 0.2) is 34.6 Å². The summed E-state index contributed by atoms with van der Waals surface area (Å²) in [5.41, 5.74) is 0.899. The fourth-order valence-corrected chi connectivity index (χ4v) is 2.86. The molecule has 2 aromatic rings. The van der Waals surface area contributed by atoms with E-state index in [9.17, 15) is 9.59 Å². The predicted octanol–water partition coefficient (Wildman–Crippen LogP) is 2.61. The van der Waals surface area contributed by atoms with Crippen LogP contribution in [-0.2, 0) is 4.74 Å². The lowest BCUT2D eigenvalue weighted by Crippen LogP contribution is -2.26. The van der Waals surface area contributed by atoms with Gasteiger partial charge in [-0.1, -0.05) is 23.7 Å². The maximum atomic E-state index is 12.0.